The van der Waals surface area contributed by atoms with Gasteiger partial charge in [0.1, 0.15) is 5.82 Å². The SMILES string of the molecule is Cc1cc(NC(=O)C2CC(=O)N(C)C2c2ccc(F)cc2)ccc1C(=O)O. The number of carboxylic acid groups (broad SMARTS) is 1. The van der Waals surface area contributed by atoms with Crippen molar-refractivity contribution in [1.82, 2.24) is 4.90 Å². The summed E-state index contributed by atoms with van der Waals surface area (Å²) >= 11 is 0. The van der Waals surface area contributed by atoms with E-state index in [-0.39, 0.29) is 29.6 Å². The summed E-state index contributed by atoms with van der Waals surface area (Å²) in [5.41, 5.74) is 1.83. The van der Waals surface area contributed by atoms with Gasteiger partial charge in [-0.3, -0.25) is 9.59 Å². The number of hydrogen-bond donors (Lipinski definition) is 2. The van der Waals surface area contributed by atoms with Crippen LogP contribution >= 0.6 is 0 Å². The van der Waals surface area contributed by atoms with Crippen LogP contribution in [-0.4, -0.2) is 34.8 Å². The third-order valence-electron chi connectivity index (χ3n) is 4.86. The molecule has 0 spiro atoms. The number of likely N-dealkylation sites (tertiary alicyclic amines) is 1. The number of nitrogens with zero attached hydrogens (tertiary/aromatic N) is 1. The van der Waals surface area contributed by atoms with Crippen LogP contribution in [0.4, 0.5) is 10.1 Å². The van der Waals surface area contributed by atoms with Crippen LogP contribution in [0.15, 0.2) is 42.5 Å². The molecule has 0 bridgehead atoms. The lowest BCUT2D eigenvalue weighted by molar-refractivity contribution is -0.128. The molecule has 3 rings (SSSR count). The van der Waals surface area contributed by atoms with Crippen LogP contribution in [0.1, 0.15) is 33.9 Å². The number of carbonyl (C=O) groups excluding carboxylic acids is 2. The minimum atomic E-state index is -1.04. The fraction of sp³-hybridized carbons (Fsp3) is 0.250. The number of anilines is 1. The Morgan fingerprint density at radius 3 is 2.44 bits per heavy atom. The number of rotatable bonds is 4. The van der Waals surface area contributed by atoms with Gasteiger partial charge in [0.05, 0.1) is 17.5 Å². The monoisotopic (exact) mass is 370 g/mol. The van der Waals surface area contributed by atoms with Crippen LogP contribution in [0.3, 0.4) is 0 Å². The van der Waals surface area contributed by atoms with E-state index in [0.29, 0.717) is 16.8 Å². The summed E-state index contributed by atoms with van der Waals surface area (Å²) < 4.78 is 13.2. The average Bonchev–Trinajstić information content (AvgIpc) is 2.91. The molecule has 27 heavy (non-hydrogen) atoms. The van der Waals surface area contributed by atoms with Crippen molar-refractivity contribution in [3.8, 4) is 0 Å². The van der Waals surface area contributed by atoms with Crippen molar-refractivity contribution in [2.45, 2.75) is 19.4 Å². The molecule has 2 unspecified atom stereocenters. The highest BCUT2D eigenvalue weighted by Crippen LogP contribution is 2.37. The Labute approximate surface area is 155 Å². The first-order valence-electron chi connectivity index (χ1n) is 8.44. The number of amides is 2. The van der Waals surface area contributed by atoms with E-state index in [0.717, 1.165) is 0 Å². The van der Waals surface area contributed by atoms with E-state index in [1.807, 2.05) is 0 Å². The van der Waals surface area contributed by atoms with E-state index < -0.39 is 17.9 Å². The maximum atomic E-state index is 13.2. The van der Waals surface area contributed by atoms with Crippen LogP contribution in [-0.2, 0) is 9.59 Å². The molecule has 1 saturated heterocycles. The summed E-state index contributed by atoms with van der Waals surface area (Å²) in [6, 6.07) is 9.77. The zero-order valence-electron chi connectivity index (χ0n) is 14.9. The largest absolute Gasteiger partial charge is 0.478 e. The quantitative estimate of drug-likeness (QED) is 0.866. The molecule has 2 aromatic carbocycles. The first-order chi connectivity index (χ1) is 12.8. The number of nitrogens with one attached hydrogen (secondary N) is 1. The summed E-state index contributed by atoms with van der Waals surface area (Å²) in [4.78, 5) is 37.6. The van der Waals surface area contributed by atoms with Crippen LogP contribution in [0.2, 0.25) is 0 Å². The van der Waals surface area contributed by atoms with Gasteiger partial charge >= 0.3 is 5.97 Å². The molecule has 1 aliphatic rings. The first-order valence-corrected chi connectivity index (χ1v) is 8.44. The standard InChI is InChI=1S/C20H19FN2O4/c1-11-9-14(7-8-15(11)20(26)27)22-19(25)16-10-17(24)23(2)18(16)12-3-5-13(21)6-4-12/h3-9,16,18H,10H2,1-2H3,(H,22,25)(H,26,27). The fourth-order valence-electron chi connectivity index (χ4n) is 3.44. The third-order valence-corrected chi connectivity index (χ3v) is 4.86. The number of aryl methyl sites for hydroxylation is 1. The number of carbonyl (C=O) groups is 3. The number of benzene rings is 2. The minimum absolute atomic E-state index is 0.0522. The highest BCUT2D eigenvalue weighted by Gasteiger charge is 2.42. The number of carboxylic acids is 1. The van der Waals surface area contributed by atoms with Crippen LogP contribution in [0.25, 0.3) is 0 Å². The molecule has 1 heterocycles. The van der Waals surface area contributed by atoms with Gasteiger partial charge < -0.3 is 15.3 Å². The molecule has 140 valence electrons. The van der Waals surface area contributed by atoms with Crippen molar-refractivity contribution in [3.05, 3.63) is 65.0 Å². The lowest BCUT2D eigenvalue weighted by Crippen LogP contribution is -2.30. The summed E-state index contributed by atoms with van der Waals surface area (Å²) in [6.45, 7) is 1.65. The van der Waals surface area contributed by atoms with E-state index in [9.17, 15) is 18.8 Å². The lowest BCUT2D eigenvalue weighted by atomic mass is 9.92. The Morgan fingerprint density at radius 2 is 1.85 bits per heavy atom. The predicted molar refractivity (Wildman–Crippen MR) is 96.8 cm³/mol. The second-order valence-corrected chi connectivity index (χ2v) is 6.64. The van der Waals surface area contributed by atoms with Gasteiger partial charge in [0.25, 0.3) is 0 Å². The normalized spacial score (nSPS) is 19.2. The van der Waals surface area contributed by atoms with Crippen molar-refractivity contribution >= 4 is 23.5 Å². The Morgan fingerprint density at radius 1 is 1.19 bits per heavy atom. The van der Waals surface area contributed by atoms with E-state index in [1.165, 1.54) is 29.2 Å². The minimum Gasteiger partial charge on any atom is -0.478 e. The highest BCUT2D eigenvalue weighted by atomic mass is 19.1. The maximum Gasteiger partial charge on any atom is 0.335 e. The van der Waals surface area contributed by atoms with Crippen molar-refractivity contribution < 1.29 is 23.9 Å². The van der Waals surface area contributed by atoms with Gasteiger partial charge in [0.2, 0.25) is 11.8 Å². The van der Waals surface area contributed by atoms with E-state index in [2.05, 4.69) is 5.32 Å². The van der Waals surface area contributed by atoms with E-state index in [4.69, 9.17) is 5.11 Å². The van der Waals surface area contributed by atoms with Gasteiger partial charge in [-0.25, -0.2) is 9.18 Å². The van der Waals surface area contributed by atoms with Gasteiger partial charge in [0, 0.05) is 19.2 Å². The van der Waals surface area contributed by atoms with Gasteiger partial charge in [-0.15, -0.1) is 0 Å². The van der Waals surface area contributed by atoms with Crippen molar-refractivity contribution in [3.63, 3.8) is 0 Å². The molecule has 0 radical (unpaired) electrons. The molecule has 6 nitrogen and oxygen atoms in total. The van der Waals surface area contributed by atoms with E-state index >= 15 is 0 Å². The average molecular weight is 370 g/mol. The molecule has 0 aromatic heterocycles. The van der Waals surface area contributed by atoms with Crippen molar-refractivity contribution in [1.29, 1.82) is 0 Å². The van der Waals surface area contributed by atoms with Gasteiger partial charge in [-0.05, 0) is 48.4 Å². The first kappa shape index (κ1) is 18.6. The summed E-state index contributed by atoms with van der Waals surface area (Å²) in [5.74, 6) is -2.57. The Kier molecular flexibility index (Phi) is 4.94. The zero-order valence-corrected chi connectivity index (χ0v) is 14.9. The number of hydrogen-bond acceptors (Lipinski definition) is 3. The smallest absolute Gasteiger partial charge is 0.335 e. The molecule has 2 aromatic rings. The van der Waals surface area contributed by atoms with Gasteiger partial charge in [-0.2, -0.15) is 0 Å². The molecule has 0 saturated carbocycles. The zero-order chi connectivity index (χ0) is 19.7. The second-order valence-electron chi connectivity index (χ2n) is 6.64. The molecular formula is C20H19FN2O4. The molecule has 7 heteroatoms. The molecule has 2 atom stereocenters. The van der Waals surface area contributed by atoms with Crippen LogP contribution < -0.4 is 5.32 Å². The molecule has 1 fully saturated rings. The third kappa shape index (κ3) is 3.67. The summed E-state index contributed by atoms with van der Waals surface area (Å²) in [6.07, 6.45) is 0.0522. The highest BCUT2D eigenvalue weighted by molar-refractivity contribution is 5.98. The molecule has 2 amide bonds. The molecule has 0 aliphatic carbocycles. The number of halogens is 1. The maximum absolute atomic E-state index is 13.2. The van der Waals surface area contributed by atoms with Gasteiger partial charge in [-0.1, -0.05) is 12.1 Å². The molecular weight excluding hydrogens is 351 g/mol. The summed E-state index contributed by atoms with van der Waals surface area (Å²) in [5, 5.41) is 11.9. The summed E-state index contributed by atoms with van der Waals surface area (Å²) in [7, 11) is 1.62. The Hall–Kier alpha value is -3.22. The van der Waals surface area contributed by atoms with Crippen LogP contribution in [0, 0.1) is 18.7 Å². The van der Waals surface area contributed by atoms with Crippen molar-refractivity contribution in [2.24, 2.45) is 5.92 Å². The predicted octanol–water partition coefficient (Wildman–Crippen LogP) is 2.99. The second kappa shape index (κ2) is 7.19. The van der Waals surface area contributed by atoms with Crippen LogP contribution in [0.5, 0.6) is 0 Å². The van der Waals surface area contributed by atoms with Crippen molar-refractivity contribution in [2.75, 3.05) is 12.4 Å². The fourth-order valence-corrected chi connectivity index (χ4v) is 3.44. The topological polar surface area (TPSA) is 86.7 Å². The lowest BCUT2D eigenvalue weighted by Gasteiger charge is -2.25. The van der Waals surface area contributed by atoms with E-state index in [1.54, 1.807) is 32.2 Å². The number of aromatic carboxylic acids is 1. The molecule has 1 aliphatic heterocycles. The Balaban J connectivity index is 1.84. The molecule has 2 N–H and O–H groups in total. The van der Waals surface area contributed by atoms with Gasteiger partial charge in [0.15, 0.2) is 0 Å². The Bertz CT molecular complexity index is 911.